The quantitative estimate of drug-likeness (QED) is 0.697. The molecule has 4 heteroatoms. The van der Waals surface area contributed by atoms with E-state index in [-0.39, 0.29) is 0 Å². The third kappa shape index (κ3) is 1.20. The summed E-state index contributed by atoms with van der Waals surface area (Å²) in [5, 5.41) is 8.48. The number of nitriles is 1. The molecule has 0 saturated heterocycles. The molecule has 0 radical (unpaired) electrons. The van der Waals surface area contributed by atoms with Gasteiger partial charge in [-0.15, -0.1) is 0 Å². The fraction of sp³-hybridized carbons (Fsp3) is 0.111. The number of aromatic nitrogens is 2. The normalized spacial score (nSPS) is 10.1. The molecular weight excluding hydrogens is 164 g/mol. The fourth-order valence-electron chi connectivity index (χ4n) is 1.25. The zero-order valence-corrected chi connectivity index (χ0v) is 6.94. The Morgan fingerprint density at radius 2 is 2.46 bits per heavy atom. The smallest absolute Gasteiger partial charge is 0.160 e. The van der Waals surface area contributed by atoms with Crippen LogP contribution in [0.5, 0.6) is 0 Å². The van der Waals surface area contributed by atoms with Crippen molar-refractivity contribution in [3.63, 3.8) is 0 Å². The van der Waals surface area contributed by atoms with Crippen LogP contribution in [0.1, 0.15) is 5.69 Å². The molecule has 0 aliphatic heterocycles. The van der Waals surface area contributed by atoms with Crippen molar-refractivity contribution < 1.29 is 0 Å². The summed E-state index contributed by atoms with van der Waals surface area (Å²) in [4.78, 5) is 4.22. The number of rotatable bonds is 1. The number of hydrogen-bond acceptors (Lipinski definition) is 3. The summed E-state index contributed by atoms with van der Waals surface area (Å²) in [7, 11) is 0. The van der Waals surface area contributed by atoms with Crippen LogP contribution in [-0.4, -0.2) is 9.38 Å². The number of fused-ring (bicyclic) bond motifs is 1. The molecule has 2 heterocycles. The summed E-state index contributed by atoms with van der Waals surface area (Å²) < 4.78 is 1.82. The number of anilines is 1. The molecule has 2 aromatic rings. The second kappa shape index (κ2) is 2.79. The SMILES string of the molecule is N#CCc1cn2cccc(N)c2n1. The molecule has 0 aliphatic rings. The van der Waals surface area contributed by atoms with Gasteiger partial charge < -0.3 is 10.1 Å². The van der Waals surface area contributed by atoms with E-state index in [2.05, 4.69) is 4.98 Å². The van der Waals surface area contributed by atoms with E-state index < -0.39 is 0 Å². The number of nitrogens with two attached hydrogens (primary N) is 1. The van der Waals surface area contributed by atoms with Crippen LogP contribution in [0.15, 0.2) is 24.5 Å². The Balaban J connectivity index is 2.63. The van der Waals surface area contributed by atoms with E-state index in [0.717, 1.165) is 5.69 Å². The van der Waals surface area contributed by atoms with Crippen LogP contribution in [0.2, 0.25) is 0 Å². The lowest BCUT2D eigenvalue weighted by atomic mass is 10.4. The van der Waals surface area contributed by atoms with Crippen molar-refractivity contribution in [1.82, 2.24) is 9.38 Å². The van der Waals surface area contributed by atoms with E-state index >= 15 is 0 Å². The minimum absolute atomic E-state index is 0.321. The van der Waals surface area contributed by atoms with Gasteiger partial charge in [0.15, 0.2) is 5.65 Å². The van der Waals surface area contributed by atoms with Gasteiger partial charge in [-0.2, -0.15) is 5.26 Å². The maximum atomic E-state index is 8.48. The molecule has 2 rings (SSSR count). The van der Waals surface area contributed by atoms with E-state index in [1.165, 1.54) is 0 Å². The molecule has 4 nitrogen and oxygen atoms in total. The largest absolute Gasteiger partial charge is 0.396 e. The first-order valence-electron chi connectivity index (χ1n) is 3.90. The van der Waals surface area contributed by atoms with Crippen LogP contribution in [0.4, 0.5) is 5.69 Å². The van der Waals surface area contributed by atoms with Gasteiger partial charge in [-0.3, -0.25) is 0 Å². The Kier molecular flexibility index (Phi) is 1.64. The molecule has 0 aromatic carbocycles. The Bertz CT molecular complexity index is 478. The highest BCUT2D eigenvalue weighted by molar-refractivity contribution is 5.64. The predicted octanol–water partition coefficient (Wildman–Crippen LogP) is 0.983. The van der Waals surface area contributed by atoms with Crippen LogP contribution in [0.25, 0.3) is 5.65 Å². The fourth-order valence-corrected chi connectivity index (χ4v) is 1.25. The van der Waals surface area contributed by atoms with Gasteiger partial charge in [0.1, 0.15) is 0 Å². The Hall–Kier alpha value is -2.02. The third-order valence-corrected chi connectivity index (χ3v) is 1.82. The average Bonchev–Trinajstić information content (AvgIpc) is 2.49. The number of hydrogen-bond donors (Lipinski definition) is 1. The van der Waals surface area contributed by atoms with Gasteiger partial charge in [0, 0.05) is 12.4 Å². The summed E-state index contributed by atoms with van der Waals surface area (Å²) in [6, 6.07) is 5.69. The maximum absolute atomic E-state index is 8.48. The van der Waals surface area contributed by atoms with Crippen molar-refractivity contribution in [1.29, 1.82) is 5.26 Å². The lowest BCUT2D eigenvalue weighted by Gasteiger charge is -1.94. The summed E-state index contributed by atoms with van der Waals surface area (Å²) in [5.74, 6) is 0. The summed E-state index contributed by atoms with van der Waals surface area (Å²) in [6.45, 7) is 0. The van der Waals surface area contributed by atoms with Crippen LogP contribution in [0, 0.1) is 11.3 Å². The predicted molar refractivity (Wildman–Crippen MR) is 48.9 cm³/mol. The Labute approximate surface area is 75.2 Å². The molecule has 0 fully saturated rings. The van der Waals surface area contributed by atoms with Crippen LogP contribution in [-0.2, 0) is 6.42 Å². The summed E-state index contributed by atoms with van der Waals surface area (Å²) >= 11 is 0. The number of pyridine rings is 1. The molecular formula is C9H8N4. The lowest BCUT2D eigenvalue weighted by Crippen LogP contribution is -1.90. The van der Waals surface area contributed by atoms with Crippen LogP contribution in [0.3, 0.4) is 0 Å². The average molecular weight is 172 g/mol. The minimum Gasteiger partial charge on any atom is -0.396 e. The lowest BCUT2D eigenvalue weighted by molar-refractivity contribution is 1.16. The van der Waals surface area contributed by atoms with E-state index in [9.17, 15) is 0 Å². The molecule has 0 atom stereocenters. The van der Waals surface area contributed by atoms with Gasteiger partial charge in [0.05, 0.1) is 23.9 Å². The number of nitrogen functional groups attached to an aromatic ring is 1. The van der Waals surface area contributed by atoms with Gasteiger partial charge in [-0.25, -0.2) is 4.98 Å². The zero-order chi connectivity index (χ0) is 9.26. The van der Waals surface area contributed by atoms with Gasteiger partial charge >= 0.3 is 0 Å². The van der Waals surface area contributed by atoms with Crippen molar-refractivity contribution in [3.8, 4) is 6.07 Å². The highest BCUT2D eigenvalue weighted by Crippen LogP contribution is 2.12. The zero-order valence-electron chi connectivity index (χ0n) is 6.94. The summed E-state index contributed by atoms with van der Waals surface area (Å²) in [5.41, 5.74) is 7.80. The van der Waals surface area contributed by atoms with Crippen LogP contribution < -0.4 is 5.73 Å². The molecule has 64 valence electrons. The van der Waals surface area contributed by atoms with E-state index in [1.54, 1.807) is 6.07 Å². The van der Waals surface area contributed by atoms with E-state index in [4.69, 9.17) is 11.0 Å². The minimum atomic E-state index is 0.321. The standard InChI is InChI=1S/C9H8N4/c10-4-3-7-6-13-5-1-2-8(11)9(13)12-7/h1-2,5-6H,3,11H2. The molecule has 0 saturated carbocycles. The van der Waals surface area contributed by atoms with Gasteiger partial charge in [0.2, 0.25) is 0 Å². The molecule has 0 bridgehead atoms. The highest BCUT2D eigenvalue weighted by atomic mass is 15.0. The Morgan fingerprint density at radius 3 is 3.15 bits per heavy atom. The van der Waals surface area contributed by atoms with Crippen molar-refractivity contribution in [2.24, 2.45) is 0 Å². The highest BCUT2D eigenvalue weighted by Gasteiger charge is 2.02. The molecule has 0 unspecified atom stereocenters. The topological polar surface area (TPSA) is 67.1 Å². The first-order valence-corrected chi connectivity index (χ1v) is 3.90. The Morgan fingerprint density at radius 1 is 1.62 bits per heavy atom. The maximum Gasteiger partial charge on any atom is 0.160 e. The first kappa shape index (κ1) is 7.62. The van der Waals surface area contributed by atoms with Crippen molar-refractivity contribution in [2.75, 3.05) is 5.73 Å². The molecule has 0 spiro atoms. The van der Waals surface area contributed by atoms with Crippen molar-refractivity contribution in [2.45, 2.75) is 6.42 Å². The molecule has 2 aromatic heterocycles. The van der Waals surface area contributed by atoms with Crippen LogP contribution >= 0.6 is 0 Å². The molecule has 0 amide bonds. The molecule has 0 aliphatic carbocycles. The molecule has 2 N–H and O–H groups in total. The second-order valence-corrected chi connectivity index (χ2v) is 2.76. The first-order chi connectivity index (χ1) is 6.31. The van der Waals surface area contributed by atoms with Gasteiger partial charge in [0.25, 0.3) is 0 Å². The number of nitrogens with zero attached hydrogens (tertiary/aromatic N) is 3. The van der Waals surface area contributed by atoms with E-state index in [1.807, 2.05) is 28.9 Å². The number of imidazole rings is 1. The second-order valence-electron chi connectivity index (χ2n) is 2.76. The van der Waals surface area contributed by atoms with Gasteiger partial charge in [-0.1, -0.05) is 0 Å². The molecule has 13 heavy (non-hydrogen) atoms. The van der Waals surface area contributed by atoms with E-state index in [0.29, 0.717) is 17.8 Å². The van der Waals surface area contributed by atoms with Gasteiger partial charge in [-0.05, 0) is 12.1 Å². The monoisotopic (exact) mass is 172 g/mol. The third-order valence-electron chi connectivity index (χ3n) is 1.82. The summed E-state index contributed by atoms with van der Waals surface area (Å²) in [6.07, 6.45) is 4.00. The van der Waals surface area contributed by atoms with Crippen molar-refractivity contribution in [3.05, 3.63) is 30.2 Å². The van der Waals surface area contributed by atoms with Crippen molar-refractivity contribution >= 4 is 11.3 Å².